The molecule has 1 saturated carbocycles. The lowest BCUT2D eigenvalue weighted by Crippen LogP contribution is -2.64. The molecule has 0 saturated heterocycles. The number of esters is 2. The first-order valence-electron chi connectivity index (χ1n) is 21.6. The predicted molar refractivity (Wildman–Crippen MR) is 226 cm³/mol. The number of carbonyl (C=O) groups excluding carboxylic acids is 2. The smallest absolute Gasteiger partial charge is 0.462 e. The highest BCUT2D eigenvalue weighted by atomic mass is 31.2. The van der Waals surface area contributed by atoms with Gasteiger partial charge in [0.15, 0.2) is 6.10 Å². The predicted octanol–water partition coefficient (Wildman–Crippen LogP) is 7.77. The number of hydrogen-bond acceptors (Lipinski definition) is 12. The lowest BCUT2D eigenvalue weighted by molar-refractivity contribution is -0.220. The van der Waals surface area contributed by atoms with E-state index in [0.717, 1.165) is 57.8 Å². The molecular formula is C44H75O13P. The number of rotatable bonds is 34. The summed E-state index contributed by atoms with van der Waals surface area (Å²) < 4.78 is 33.4. The van der Waals surface area contributed by atoms with E-state index in [2.05, 4.69) is 62.5 Å². The van der Waals surface area contributed by atoms with Crippen LogP contribution in [0.2, 0.25) is 0 Å². The van der Waals surface area contributed by atoms with Crippen molar-refractivity contribution in [1.29, 1.82) is 0 Å². The summed E-state index contributed by atoms with van der Waals surface area (Å²) >= 11 is 0. The molecule has 13 nitrogen and oxygen atoms in total. The fraction of sp³-hybridized carbons (Fsp3) is 0.727. The fourth-order valence-electron chi connectivity index (χ4n) is 6.15. The summed E-state index contributed by atoms with van der Waals surface area (Å²) in [5.74, 6) is -1.17. The molecule has 0 radical (unpaired) electrons. The van der Waals surface area contributed by atoms with Crippen LogP contribution in [0.5, 0.6) is 0 Å². The van der Waals surface area contributed by atoms with Crippen LogP contribution in [0.1, 0.15) is 149 Å². The number of phosphoric ester groups is 1. The van der Waals surface area contributed by atoms with Crippen LogP contribution in [0.4, 0.5) is 0 Å². The fourth-order valence-corrected chi connectivity index (χ4v) is 7.12. The summed E-state index contributed by atoms with van der Waals surface area (Å²) in [4.78, 5) is 35.6. The van der Waals surface area contributed by atoms with E-state index in [-0.39, 0.29) is 12.8 Å². The summed E-state index contributed by atoms with van der Waals surface area (Å²) in [6.07, 6.45) is 27.2. The van der Waals surface area contributed by atoms with Gasteiger partial charge in [-0.25, -0.2) is 4.57 Å². The molecule has 0 aliphatic heterocycles. The number of hydrogen-bond donors (Lipinski definition) is 6. The van der Waals surface area contributed by atoms with Gasteiger partial charge in [-0.1, -0.05) is 145 Å². The molecule has 1 aliphatic carbocycles. The molecule has 0 aromatic carbocycles. The number of carbonyl (C=O) groups is 2. The van der Waals surface area contributed by atoms with Crippen molar-refractivity contribution >= 4 is 19.8 Å². The molecule has 334 valence electrons. The highest BCUT2D eigenvalue weighted by Gasteiger charge is 2.51. The first kappa shape index (κ1) is 53.6. The maximum Gasteiger partial charge on any atom is 0.472 e. The zero-order valence-corrected chi connectivity index (χ0v) is 36.0. The number of unbranched alkanes of at least 4 members (excludes halogenated alkanes) is 12. The minimum Gasteiger partial charge on any atom is -0.462 e. The lowest BCUT2D eigenvalue weighted by atomic mass is 9.85. The second-order valence-corrected chi connectivity index (χ2v) is 16.2. The van der Waals surface area contributed by atoms with E-state index < -0.39 is 75.7 Å². The third kappa shape index (κ3) is 26.6. The Morgan fingerprint density at radius 3 is 1.48 bits per heavy atom. The molecule has 1 rings (SSSR count). The highest BCUT2D eigenvalue weighted by Crippen LogP contribution is 2.47. The normalized spacial score (nSPS) is 23.1. The van der Waals surface area contributed by atoms with Crippen molar-refractivity contribution in [2.24, 2.45) is 0 Å². The Kier molecular flexibility index (Phi) is 31.7. The van der Waals surface area contributed by atoms with Gasteiger partial charge in [0.25, 0.3) is 0 Å². The Bertz CT molecular complexity index is 1250. The zero-order valence-electron chi connectivity index (χ0n) is 35.1. The molecule has 0 aromatic rings. The molecule has 6 unspecified atom stereocenters. The van der Waals surface area contributed by atoms with Crippen LogP contribution >= 0.6 is 7.82 Å². The summed E-state index contributed by atoms with van der Waals surface area (Å²) in [7, 11) is -5.13. The van der Waals surface area contributed by atoms with E-state index in [4.69, 9.17) is 18.5 Å². The van der Waals surface area contributed by atoms with Gasteiger partial charge in [-0.3, -0.25) is 18.6 Å². The third-order valence-corrected chi connectivity index (χ3v) is 10.6. The molecule has 0 aromatic heterocycles. The first-order valence-corrected chi connectivity index (χ1v) is 23.1. The van der Waals surface area contributed by atoms with Gasteiger partial charge in [0.05, 0.1) is 6.61 Å². The summed E-state index contributed by atoms with van der Waals surface area (Å²) in [5.41, 5.74) is 0. The second-order valence-electron chi connectivity index (χ2n) is 14.8. The third-order valence-electron chi connectivity index (χ3n) is 9.62. The number of aliphatic hydroxyl groups excluding tert-OH is 5. The molecule has 0 spiro atoms. The van der Waals surface area contributed by atoms with Crippen molar-refractivity contribution in [2.45, 2.75) is 191 Å². The van der Waals surface area contributed by atoms with Gasteiger partial charge < -0.3 is 39.9 Å². The molecule has 0 heterocycles. The minimum absolute atomic E-state index is 0.0843. The van der Waals surface area contributed by atoms with Crippen LogP contribution in [0, 0.1) is 0 Å². The van der Waals surface area contributed by atoms with Crippen molar-refractivity contribution in [1.82, 2.24) is 0 Å². The number of phosphoric acid groups is 1. The second kappa shape index (κ2) is 34.3. The number of ether oxygens (including phenoxy) is 2. The van der Waals surface area contributed by atoms with Crippen LogP contribution in [0.25, 0.3) is 0 Å². The van der Waals surface area contributed by atoms with Crippen LogP contribution in [0.3, 0.4) is 0 Å². The van der Waals surface area contributed by atoms with Gasteiger partial charge >= 0.3 is 19.8 Å². The van der Waals surface area contributed by atoms with E-state index in [1.165, 1.54) is 44.9 Å². The molecule has 58 heavy (non-hydrogen) atoms. The quantitative estimate of drug-likeness (QED) is 0.0159. The lowest BCUT2D eigenvalue weighted by Gasteiger charge is -2.41. The van der Waals surface area contributed by atoms with E-state index in [1.54, 1.807) is 0 Å². The molecule has 0 bridgehead atoms. The Balaban J connectivity index is 2.53. The largest absolute Gasteiger partial charge is 0.472 e. The maximum atomic E-state index is 12.8. The van der Waals surface area contributed by atoms with E-state index in [0.29, 0.717) is 19.3 Å². The van der Waals surface area contributed by atoms with Gasteiger partial charge in [0.2, 0.25) is 0 Å². The first-order chi connectivity index (χ1) is 27.9. The van der Waals surface area contributed by atoms with Gasteiger partial charge in [-0.2, -0.15) is 0 Å². The average molecular weight is 843 g/mol. The monoisotopic (exact) mass is 842 g/mol. The van der Waals surface area contributed by atoms with Gasteiger partial charge in [0.1, 0.15) is 43.2 Å². The SMILES string of the molecule is CC/C=C\C/C=C\C/C=C\C/C=C\C/C=C\CCCC(=O)OC[C@H](COP(=O)(O)OC1C(O)C(O)C(O)[C@@H](O)C1O)OC(=O)CCCCCCCCCCCCCC. The van der Waals surface area contributed by atoms with E-state index >= 15 is 0 Å². The van der Waals surface area contributed by atoms with Crippen molar-refractivity contribution < 1.29 is 63.1 Å². The number of aliphatic hydroxyl groups is 5. The van der Waals surface area contributed by atoms with Gasteiger partial charge in [0, 0.05) is 12.8 Å². The van der Waals surface area contributed by atoms with E-state index in [9.17, 15) is 44.6 Å². The van der Waals surface area contributed by atoms with Crippen LogP contribution < -0.4 is 0 Å². The van der Waals surface area contributed by atoms with E-state index in [1.807, 2.05) is 12.2 Å². The summed E-state index contributed by atoms with van der Waals surface area (Å²) in [5, 5.41) is 50.0. The molecule has 1 fully saturated rings. The van der Waals surface area contributed by atoms with Gasteiger partial charge in [-0.15, -0.1) is 0 Å². The average Bonchev–Trinajstić information content (AvgIpc) is 3.20. The minimum atomic E-state index is -5.13. The van der Waals surface area contributed by atoms with Crippen molar-refractivity contribution in [3.05, 3.63) is 60.8 Å². The highest BCUT2D eigenvalue weighted by molar-refractivity contribution is 7.47. The van der Waals surface area contributed by atoms with Crippen LogP contribution in [-0.4, -0.2) is 98.3 Å². The Morgan fingerprint density at radius 2 is 0.983 bits per heavy atom. The maximum absolute atomic E-state index is 12.8. The van der Waals surface area contributed by atoms with Gasteiger partial charge in [-0.05, 0) is 51.4 Å². The summed E-state index contributed by atoms with van der Waals surface area (Å²) in [6, 6.07) is 0. The Hall–Kier alpha value is -2.45. The van der Waals surface area contributed by atoms with Crippen molar-refractivity contribution in [3.8, 4) is 0 Å². The molecule has 14 heteroatoms. The van der Waals surface area contributed by atoms with Crippen molar-refractivity contribution in [3.63, 3.8) is 0 Å². The zero-order chi connectivity index (χ0) is 42.9. The molecule has 8 atom stereocenters. The van der Waals surface area contributed by atoms with Crippen LogP contribution in [0.15, 0.2) is 60.8 Å². The molecule has 1 aliphatic rings. The Labute approximate surface area is 347 Å². The molecule has 0 amide bonds. The topological polar surface area (TPSA) is 210 Å². The Morgan fingerprint density at radius 1 is 0.552 bits per heavy atom. The number of allylic oxidation sites excluding steroid dienone is 10. The molecular weight excluding hydrogens is 767 g/mol. The summed E-state index contributed by atoms with van der Waals surface area (Å²) in [6.45, 7) is 3.11. The standard InChI is InChI=1S/C44H75O13P/c1-3-5-7-9-11-13-15-17-18-19-20-21-23-24-26-28-30-32-37(45)54-34-36(56-38(46)33-31-29-27-25-22-16-14-12-10-8-6-4-2)35-55-58(52,53)57-44-42(50)40(48)39(47)41(49)43(44)51/h5,7,11,13,17-18,20-21,24,26,36,39-44,47-51H,3-4,6,8-10,12,14-16,19,22-23,25,27-35H2,1-2H3,(H,52,53)/b7-5-,13-11-,18-17-,21-20-,26-24-/t36-,39?,40-,41?,42?,43?,44?/m1/s1. The van der Waals surface area contributed by atoms with Crippen LogP contribution in [-0.2, 0) is 32.7 Å². The van der Waals surface area contributed by atoms with Crippen molar-refractivity contribution in [2.75, 3.05) is 13.2 Å². The molecule has 6 N–H and O–H groups in total.